The largest absolute Gasteiger partial charge is 0.507 e. The number of nitrogens with zero attached hydrogens (tertiary/aromatic N) is 1. The van der Waals surface area contributed by atoms with Crippen LogP contribution in [-0.4, -0.2) is 25.0 Å². The number of rotatable bonds is 4. The standard InChI is InChI=1S/C24H20F3NO5S/c1-12-8-17(29)22(23(30)33-12)16-11-21(13-4-6-18(31-2)19(9-13)32-3)34-20-7-5-14(24(25,26)27)10-15(20)28-16/h4-10,21,29H,11H2,1-3H3/t21-/m0/s1. The van der Waals surface area contributed by atoms with Crippen molar-refractivity contribution in [3.8, 4) is 17.2 Å². The molecule has 1 aliphatic rings. The van der Waals surface area contributed by atoms with Gasteiger partial charge in [-0.2, -0.15) is 13.2 Å². The normalized spacial score (nSPS) is 15.8. The Bertz CT molecular complexity index is 1330. The molecule has 1 atom stereocenters. The molecule has 1 aliphatic heterocycles. The van der Waals surface area contributed by atoms with Gasteiger partial charge in [-0.1, -0.05) is 6.07 Å². The molecule has 2 aromatic carbocycles. The zero-order valence-corrected chi connectivity index (χ0v) is 19.2. The van der Waals surface area contributed by atoms with E-state index in [9.17, 15) is 23.1 Å². The molecule has 0 radical (unpaired) electrons. The smallest absolute Gasteiger partial charge is 0.416 e. The Kier molecular flexibility index (Phi) is 6.35. The summed E-state index contributed by atoms with van der Waals surface area (Å²) < 4.78 is 55.9. The second-order valence-electron chi connectivity index (χ2n) is 7.57. The van der Waals surface area contributed by atoms with E-state index in [0.29, 0.717) is 16.4 Å². The molecule has 0 aliphatic carbocycles. The van der Waals surface area contributed by atoms with Crippen LogP contribution in [0, 0.1) is 6.92 Å². The number of aryl methyl sites for hydroxylation is 1. The van der Waals surface area contributed by atoms with E-state index in [1.54, 1.807) is 12.1 Å². The van der Waals surface area contributed by atoms with Gasteiger partial charge in [0.05, 0.1) is 31.2 Å². The number of hydrogen-bond donors (Lipinski definition) is 1. The van der Waals surface area contributed by atoms with Crippen LogP contribution in [-0.2, 0) is 6.18 Å². The number of benzene rings is 2. The highest BCUT2D eigenvalue weighted by atomic mass is 32.2. The molecular formula is C24H20F3NO5S. The fourth-order valence-corrected chi connectivity index (χ4v) is 4.90. The predicted octanol–water partition coefficient (Wildman–Crippen LogP) is 6.05. The molecule has 4 rings (SSSR count). The molecule has 10 heteroatoms. The van der Waals surface area contributed by atoms with E-state index in [-0.39, 0.29) is 40.1 Å². The Morgan fingerprint density at radius 3 is 2.47 bits per heavy atom. The van der Waals surface area contributed by atoms with Crippen LogP contribution in [0.5, 0.6) is 17.2 Å². The molecule has 1 N–H and O–H groups in total. The summed E-state index contributed by atoms with van der Waals surface area (Å²) in [6, 6.07) is 9.86. The lowest BCUT2D eigenvalue weighted by Crippen LogP contribution is -2.17. The van der Waals surface area contributed by atoms with Crippen molar-refractivity contribution in [2.75, 3.05) is 14.2 Å². The first kappa shape index (κ1) is 23.7. The molecule has 34 heavy (non-hydrogen) atoms. The van der Waals surface area contributed by atoms with Gasteiger partial charge in [0.2, 0.25) is 0 Å². The minimum Gasteiger partial charge on any atom is -0.507 e. The van der Waals surface area contributed by atoms with Crippen LogP contribution in [0.3, 0.4) is 0 Å². The summed E-state index contributed by atoms with van der Waals surface area (Å²) >= 11 is 1.30. The third-order valence-electron chi connectivity index (χ3n) is 5.31. The van der Waals surface area contributed by atoms with E-state index in [2.05, 4.69) is 4.99 Å². The first-order valence-electron chi connectivity index (χ1n) is 10.1. The summed E-state index contributed by atoms with van der Waals surface area (Å²) in [6.45, 7) is 1.51. The Morgan fingerprint density at radius 1 is 1.09 bits per heavy atom. The van der Waals surface area contributed by atoms with Crippen molar-refractivity contribution in [1.29, 1.82) is 0 Å². The molecule has 2 heterocycles. The summed E-state index contributed by atoms with van der Waals surface area (Å²) in [4.78, 5) is 17.5. The van der Waals surface area contributed by atoms with Gasteiger partial charge in [0.1, 0.15) is 17.1 Å². The van der Waals surface area contributed by atoms with Crippen molar-refractivity contribution in [2.24, 2.45) is 4.99 Å². The Morgan fingerprint density at radius 2 is 1.82 bits per heavy atom. The van der Waals surface area contributed by atoms with Crippen molar-refractivity contribution < 1.29 is 32.2 Å². The number of halogens is 3. The second-order valence-corrected chi connectivity index (χ2v) is 8.81. The third-order valence-corrected chi connectivity index (χ3v) is 6.63. The fraction of sp³-hybridized carbons (Fsp3) is 0.250. The molecule has 0 spiro atoms. The van der Waals surface area contributed by atoms with E-state index in [1.165, 1.54) is 45.0 Å². The number of hydrogen-bond acceptors (Lipinski definition) is 7. The van der Waals surface area contributed by atoms with Gasteiger partial charge >= 0.3 is 11.8 Å². The summed E-state index contributed by atoms with van der Waals surface area (Å²) in [5, 5.41) is 10.1. The van der Waals surface area contributed by atoms with E-state index >= 15 is 0 Å². The van der Waals surface area contributed by atoms with E-state index in [0.717, 1.165) is 17.7 Å². The minimum atomic E-state index is -4.56. The number of aliphatic imine (C=N–C) groups is 1. The summed E-state index contributed by atoms with van der Waals surface area (Å²) in [5.74, 6) is 0.851. The summed E-state index contributed by atoms with van der Waals surface area (Å²) in [5.41, 5.74) is -0.905. The van der Waals surface area contributed by atoms with Crippen LogP contribution >= 0.6 is 11.8 Å². The number of methoxy groups -OCH3 is 2. The highest BCUT2D eigenvalue weighted by molar-refractivity contribution is 7.99. The zero-order valence-electron chi connectivity index (χ0n) is 18.4. The van der Waals surface area contributed by atoms with Gasteiger partial charge in [0, 0.05) is 22.6 Å². The molecule has 178 valence electrons. The first-order valence-corrected chi connectivity index (χ1v) is 11.0. The van der Waals surface area contributed by atoms with Crippen LogP contribution < -0.4 is 15.1 Å². The van der Waals surface area contributed by atoms with Crippen molar-refractivity contribution in [3.63, 3.8) is 0 Å². The quantitative estimate of drug-likeness (QED) is 0.479. The molecule has 0 fully saturated rings. The average molecular weight is 491 g/mol. The molecule has 1 aromatic heterocycles. The molecule has 0 amide bonds. The van der Waals surface area contributed by atoms with Gasteiger partial charge < -0.3 is 19.0 Å². The SMILES string of the molecule is COc1ccc([C@@H]2CC(c3c(O)cc(C)oc3=O)=Nc3cc(C(F)(F)F)ccc3S2)cc1OC. The molecule has 3 aromatic rings. The van der Waals surface area contributed by atoms with Crippen LogP contribution in [0.1, 0.15) is 34.1 Å². The number of fused-ring (bicyclic) bond motifs is 1. The Labute approximate surface area is 197 Å². The van der Waals surface area contributed by atoms with Gasteiger partial charge in [-0.15, -0.1) is 11.8 Å². The van der Waals surface area contributed by atoms with Gasteiger partial charge in [-0.25, -0.2) is 4.79 Å². The van der Waals surface area contributed by atoms with Crippen LogP contribution in [0.2, 0.25) is 0 Å². The van der Waals surface area contributed by atoms with E-state index in [1.807, 2.05) is 6.07 Å². The molecular weight excluding hydrogens is 471 g/mol. The lowest BCUT2D eigenvalue weighted by atomic mass is 10.0. The first-order chi connectivity index (χ1) is 16.1. The van der Waals surface area contributed by atoms with Crippen LogP contribution in [0.25, 0.3) is 0 Å². The van der Waals surface area contributed by atoms with Crippen LogP contribution in [0.15, 0.2) is 61.6 Å². The molecule has 0 saturated carbocycles. The van der Waals surface area contributed by atoms with Crippen molar-refractivity contribution in [1.82, 2.24) is 0 Å². The highest BCUT2D eigenvalue weighted by Crippen LogP contribution is 2.48. The van der Waals surface area contributed by atoms with Gasteiger partial charge in [0.15, 0.2) is 11.5 Å². The maximum absolute atomic E-state index is 13.4. The highest BCUT2D eigenvalue weighted by Gasteiger charge is 2.33. The predicted molar refractivity (Wildman–Crippen MR) is 122 cm³/mol. The monoisotopic (exact) mass is 491 g/mol. The second kappa shape index (κ2) is 9.09. The van der Waals surface area contributed by atoms with E-state index < -0.39 is 17.4 Å². The number of aromatic hydroxyl groups is 1. The molecule has 0 unspecified atom stereocenters. The lowest BCUT2D eigenvalue weighted by molar-refractivity contribution is -0.137. The zero-order chi connectivity index (χ0) is 24.6. The van der Waals surface area contributed by atoms with Crippen LogP contribution in [0.4, 0.5) is 18.9 Å². The minimum absolute atomic E-state index is 0.0529. The Balaban J connectivity index is 1.90. The van der Waals surface area contributed by atoms with Crippen molar-refractivity contribution in [2.45, 2.75) is 29.7 Å². The summed E-state index contributed by atoms with van der Waals surface area (Å²) in [7, 11) is 3.01. The Hall–Kier alpha value is -3.40. The van der Waals surface area contributed by atoms with Crippen molar-refractivity contribution in [3.05, 3.63) is 75.3 Å². The molecule has 0 bridgehead atoms. The molecule has 0 saturated heterocycles. The van der Waals surface area contributed by atoms with E-state index in [4.69, 9.17) is 13.9 Å². The lowest BCUT2D eigenvalue weighted by Gasteiger charge is -2.18. The maximum Gasteiger partial charge on any atom is 0.416 e. The maximum atomic E-state index is 13.4. The van der Waals surface area contributed by atoms with Gasteiger partial charge in [-0.3, -0.25) is 4.99 Å². The number of alkyl halides is 3. The van der Waals surface area contributed by atoms with Gasteiger partial charge in [-0.05, 0) is 42.8 Å². The fourth-order valence-electron chi connectivity index (χ4n) is 3.70. The molecule has 6 nitrogen and oxygen atoms in total. The van der Waals surface area contributed by atoms with Gasteiger partial charge in [0.25, 0.3) is 0 Å². The number of ether oxygens (including phenoxy) is 2. The summed E-state index contributed by atoms with van der Waals surface area (Å²) in [6.07, 6.45) is -4.42. The third kappa shape index (κ3) is 4.63. The average Bonchev–Trinajstić information content (AvgIpc) is 2.96. The van der Waals surface area contributed by atoms with Crippen molar-refractivity contribution >= 4 is 23.2 Å². The number of thioether (sulfide) groups is 1. The topological polar surface area (TPSA) is 81.3 Å².